The van der Waals surface area contributed by atoms with Crippen molar-refractivity contribution >= 4 is 29.6 Å². The zero-order valence-corrected chi connectivity index (χ0v) is 16.1. The molecule has 0 saturated carbocycles. The molecular weight excluding hydrogens is 374 g/mol. The van der Waals surface area contributed by atoms with Crippen molar-refractivity contribution in [3.05, 3.63) is 0 Å². The van der Waals surface area contributed by atoms with E-state index in [1.807, 2.05) is 0 Å². The number of nitrogens with two attached hydrogens (primary N) is 2. The molecule has 0 radical (unpaired) electrons. The lowest BCUT2D eigenvalue weighted by Crippen LogP contribution is -2.58. The first-order chi connectivity index (χ1) is 12.9. The van der Waals surface area contributed by atoms with E-state index in [9.17, 15) is 29.1 Å². The molecule has 0 spiro atoms. The van der Waals surface area contributed by atoms with Crippen LogP contribution in [-0.4, -0.2) is 70.6 Å². The summed E-state index contributed by atoms with van der Waals surface area (Å²) in [6, 6.07) is -3.62. The Morgan fingerprint density at radius 2 is 1.54 bits per heavy atom. The predicted octanol–water partition coefficient (Wildman–Crippen LogP) is -3.21. The van der Waals surface area contributed by atoms with Crippen LogP contribution in [0.5, 0.6) is 0 Å². The summed E-state index contributed by atoms with van der Waals surface area (Å²) in [4.78, 5) is 58.4. The highest BCUT2D eigenvalue weighted by Gasteiger charge is 2.30. The number of aliphatic hydroxyl groups is 1. The maximum atomic E-state index is 12.6. The van der Waals surface area contributed by atoms with Gasteiger partial charge in [0, 0.05) is 6.42 Å². The Bertz CT molecular complexity index is 594. The van der Waals surface area contributed by atoms with Crippen LogP contribution in [0, 0.1) is 5.92 Å². The number of aliphatic carboxylic acids is 1. The minimum absolute atomic E-state index is 0.152. The number of nitrogens with one attached hydrogen (secondary N) is 3. The third-order valence-corrected chi connectivity index (χ3v) is 3.80. The molecule has 4 amide bonds. The molecule has 0 aromatic carbocycles. The molecule has 4 atom stereocenters. The van der Waals surface area contributed by atoms with E-state index >= 15 is 0 Å². The molecule has 12 nitrogen and oxygen atoms in total. The molecule has 4 unspecified atom stereocenters. The summed E-state index contributed by atoms with van der Waals surface area (Å²) < 4.78 is 0. The highest BCUT2D eigenvalue weighted by Crippen LogP contribution is 2.05. The number of carboxylic acid groups (broad SMARTS) is 1. The first kappa shape index (κ1) is 25.3. The van der Waals surface area contributed by atoms with Crippen LogP contribution in [0.25, 0.3) is 0 Å². The monoisotopic (exact) mass is 403 g/mol. The van der Waals surface area contributed by atoms with Crippen LogP contribution in [0.3, 0.4) is 0 Å². The second-order valence-corrected chi connectivity index (χ2v) is 6.67. The number of aliphatic hydroxyl groups excluding tert-OH is 1. The van der Waals surface area contributed by atoms with E-state index in [4.69, 9.17) is 16.6 Å². The number of carboxylic acids is 1. The van der Waals surface area contributed by atoms with E-state index in [2.05, 4.69) is 16.0 Å². The van der Waals surface area contributed by atoms with Crippen molar-refractivity contribution in [1.82, 2.24) is 16.0 Å². The molecule has 0 fully saturated rings. The number of hydrogen-bond acceptors (Lipinski definition) is 7. The molecule has 28 heavy (non-hydrogen) atoms. The first-order valence-corrected chi connectivity index (χ1v) is 8.69. The topological polar surface area (TPSA) is 214 Å². The van der Waals surface area contributed by atoms with E-state index in [1.165, 1.54) is 6.92 Å². The van der Waals surface area contributed by atoms with Gasteiger partial charge in [-0.1, -0.05) is 13.8 Å². The molecule has 0 aromatic rings. The highest BCUT2D eigenvalue weighted by atomic mass is 16.4. The molecule has 0 aliphatic heterocycles. The maximum Gasteiger partial charge on any atom is 0.322 e. The zero-order valence-electron chi connectivity index (χ0n) is 16.1. The molecule has 0 aliphatic carbocycles. The van der Waals surface area contributed by atoms with Crippen molar-refractivity contribution in [2.75, 3.05) is 6.54 Å². The van der Waals surface area contributed by atoms with E-state index in [0.717, 1.165) is 0 Å². The van der Waals surface area contributed by atoms with Gasteiger partial charge in [0.15, 0.2) is 0 Å². The summed E-state index contributed by atoms with van der Waals surface area (Å²) in [6.07, 6.45) is -1.55. The standard InChI is InChI=1S/C16H29N5O7/c1-7(2)13(16(28)19-6-11(24)25)21-14(26)9(4-5-10(17)23)20-15(27)12(18)8(3)22/h7-9,12-13,22H,4-6,18H2,1-3H3,(H2,17,23)(H,19,28)(H,20,27)(H,21,26)(H,24,25). The molecule has 9 N–H and O–H groups in total. The number of hydrogen-bond donors (Lipinski definition) is 7. The normalized spacial score (nSPS) is 15.1. The average Bonchev–Trinajstić information content (AvgIpc) is 2.59. The van der Waals surface area contributed by atoms with Gasteiger partial charge in [-0.15, -0.1) is 0 Å². The second kappa shape index (κ2) is 11.9. The van der Waals surface area contributed by atoms with Gasteiger partial charge < -0.3 is 37.6 Å². The van der Waals surface area contributed by atoms with Crippen LogP contribution in [0.2, 0.25) is 0 Å². The van der Waals surface area contributed by atoms with Crippen molar-refractivity contribution in [2.45, 2.75) is 57.8 Å². The number of carbonyl (C=O) groups is 5. The van der Waals surface area contributed by atoms with Gasteiger partial charge in [-0.05, 0) is 19.3 Å². The van der Waals surface area contributed by atoms with Gasteiger partial charge >= 0.3 is 5.97 Å². The molecule has 0 aromatic heterocycles. The summed E-state index contributed by atoms with van der Waals surface area (Å²) >= 11 is 0. The van der Waals surface area contributed by atoms with Crippen LogP contribution < -0.4 is 27.4 Å². The largest absolute Gasteiger partial charge is 0.480 e. The maximum absolute atomic E-state index is 12.6. The molecular formula is C16H29N5O7. The number of carbonyl (C=O) groups excluding carboxylic acids is 4. The van der Waals surface area contributed by atoms with Crippen molar-refractivity contribution < 1.29 is 34.2 Å². The number of amides is 4. The summed E-state index contributed by atoms with van der Waals surface area (Å²) in [5.74, 6) is -4.67. The average molecular weight is 403 g/mol. The lowest BCUT2D eigenvalue weighted by atomic mass is 10.0. The smallest absolute Gasteiger partial charge is 0.322 e. The third-order valence-electron chi connectivity index (χ3n) is 3.80. The fraction of sp³-hybridized carbons (Fsp3) is 0.688. The highest BCUT2D eigenvalue weighted by molar-refractivity contribution is 5.94. The van der Waals surface area contributed by atoms with Gasteiger partial charge in [0.1, 0.15) is 24.7 Å². The SMILES string of the molecule is CC(C)C(NC(=O)C(CCC(N)=O)NC(=O)C(N)C(C)O)C(=O)NCC(=O)O. The fourth-order valence-corrected chi connectivity index (χ4v) is 2.10. The predicted molar refractivity (Wildman–Crippen MR) is 97.4 cm³/mol. The van der Waals surface area contributed by atoms with E-state index < -0.39 is 66.3 Å². The summed E-state index contributed by atoms with van der Waals surface area (Å²) in [6.45, 7) is 3.94. The van der Waals surface area contributed by atoms with Crippen molar-refractivity contribution in [3.8, 4) is 0 Å². The van der Waals surface area contributed by atoms with Crippen LogP contribution in [0.15, 0.2) is 0 Å². The zero-order chi connectivity index (χ0) is 22.0. The second-order valence-electron chi connectivity index (χ2n) is 6.67. The van der Waals surface area contributed by atoms with E-state index in [-0.39, 0.29) is 12.8 Å². The summed E-state index contributed by atoms with van der Waals surface area (Å²) in [5, 5.41) is 24.9. The molecule has 0 bridgehead atoms. The fourth-order valence-electron chi connectivity index (χ4n) is 2.10. The summed E-state index contributed by atoms with van der Waals surface area (Å²) in [5.41, 5.74) is 10.6. The lowest BCUT2D eigenvalue weighted by molar-refractivity contribution is -0.139. The minimum atomic E-state index is -1.30. The van der Waals surface area contributed by atoms with Crippen molar-refractivity contribution in [3.63, 3.8) is 0 Å². The molecule has 12 heteroatoms. The minimum Gasteiger partial charge on any atom is -0.480 e. The molecule has 0 saturated heterocycles. The molecule has 0 rings (SSSR count). The van der Waals surface area contributed by atoms with Gasteiger partial charge in [0.25, 0.3) is 0 Å². The first-order valence-electron chi connectivity index (χ1n) is 8.69. The Hall–Kier alpha value is -2.73. The van der Waals surface area contributed by atoms with Crippen LogP contribution in [0.1, 0.15) is 33.6 Å². The Labute approximate surface area is 162 Å². The van der Waals surface area contributed by atoms with E-state index in [0.29, 0.717) is 0 Å². The van der Waals surface area contributed by atoms with Crippen LogP contribution in [-0.2, 0) is 24.0 Å². The number of primary amides is 1. The van der Waals surface area contributed by atoms with Crippen molar-refractivity contribution in [1.29, 1.82) is 0 Å². The molecule has 160 valence electrons. The Morgan fingerprint density at radius 1 is 0.964 bits per heavy atom. The van der Waals surface area contributed by atoms with Crippen LogP contribution in [0.4, 0.5) is 0 Å². The lowest BCUT2D eigenvalue weighted by Gasteiger charge is -2.26. The Kier molecular flexibility index (Phi) is 10.7. The van der Waals surface area contributed by atoms with Gasteiger partial charge in [-0.2, -0.15) is 0 Å². The van der Waals surface area contributed by atoms with Crippen molar-refractivity contribution in [2.24, 2.45) is 17.4 Å². The third kappa shape index (κ3) is 9.28. The summed E-state index contributed by atoms with van der Waals surface area (Å²) in [7, 11) is 0. The quantitative estimate of drug-likeness (QED) is 0.175. The van der Waals surface area contributed by atoms with Gasteiger partial charge in [0.05, 0.1) is 6.10 Å². The number of rotatable bonds is 12. The molecule has 0 heterocycles. The Balaban J connectivity index is 5.25. The Morgan fingerprint density at radius 3 is 1.96 bits per heavy atom. The molecule has 0 aliphatic rings. The van der Waals surface area contributed by atoms with Gasteiger partial charge in [-0.3, -0.25) is 24.0 Å². The van der Waals surface area contributed by atoms with Gasteiger partial charge in [0.2, 0.25) is 23.6 Å². The van der Waals surface area contributed by atoms with Crippen LogP contribution >= 0.6 is 0 Å². The van der Waals surface area contributed by atoms with E-state index in [1.54, 1.807) is 13.8 Å². The van der Waals surface area contributed by atoms with Gasteiger partial charge in [-0.25, -0.2) is 0 Å².